The van der Waals surface area contributed by atoms with Gasteiger partial charge in [0, 0.05) is 29.9 Å². The van der Waals surface area contributed by atoms with E-state index in [0.717, 1.165) is 5.56 Å². The molecule has 6 nitrogen and oxygen atoms in total. The van der Waals surface area contributed by atoms with Crippen molar-refractivity contribution in [3.8, 4) is 0 Å². The second kappa shape index (κ2) is 7.57. The highest BCUT2D eigenvalue weighted by molar-refractivity contribution is 5.97. The molecule has 2 aliphatic heterocycles. The first kappa shape index (κ1) is 19.5. The summed E-state index contributed by atoms with van der Waals surface area (Å²) in [5.41, 5.74) is 7.76. The van der Waals surface area contributed by atoms with Crippen molar-refractivity contribution in [2.75, 3.05) is 37.7 Å². The number of urea groups is 1. The highest BCUT2D eigenvalue weighted by atomic mass is 19.1. The Morgan fingerprint density at radius 1 is 1.21 bits per heavy atom. The third kappa shape index (κ3) is 3.75. The molecule has 0 aliphatic carbocycles. The van der Waals surface area contributed by atoms with E-state index in [2.05, 4.69) is 0 Å². The second-order valence-corrected chi connectivity index (χ2v) is 7.99. The number of nitrogens with two attached hydrogens (primary N) is 1. The number of carbonyl (C=O) groups excluding carboxylic acids is 2. The monoisotopic (exact) mass is 397 g/mol. The minimum atomic E-state index is -0.526. The number of Topliss-reactive ketones (excluding diaryl/α,β-unsaturated/α-hetero) is 1. The van der Waals surface area contributed by atoms with Crippen molar-refractivity contribution in [2.24, 2.45) is 11.1 Å². The molecule has 2 aliphatic rings. The molecule has 0 unspecified atom stereocenters. The molecule has 1 spiro atoms. The Balaban J connectivity index is 1.59. The van der Waals surface area contributed by atoms with Crippen molar-refractivity contribution < 1.29 is 18.7 Å². The minimum Gasteiger partial charge on any atom is -0.380 e. The van der Waals surface area contributed by atoms with Crippen LogP contribution in [0.25, 0.3) is 0 Å². The Labute approximate surface area is 169 Å². The smallest absolute Gasteiger partial charge is 0.324 e. The summed E-state index contributed by atoms with van der Waals surface area (Å²) in [6, 6.07) is 11.7. The van der Waals surface area contributed by atoms with Crippen LogP contribution >= 0.6 is 0 Å². The third-order valence-corrected chi connectivity index (χ3v) is 5.57. The van der Waals surface area contributed by atoms with Crippen LogP contribution in [-0.4, -0.2) is 49.6 Å². The molecule has 0 bridgehead atoms. The number of ketones is 1. The van der Waals surface area contributed by atoms with Crippen molar-refractivity contribution in [3.63, 3.8) is 0 Å². The molecule has 4 rings (SSSR count). The van der Waals surface area contributed by atoms with E-state index in [-0.39, 0.29) is 35.9 Å². The van der Waals surface area contributed by atoms with Crippen LogP contribution < -0.4 is 10.6 Å². The van der Waals surface area contributed by atoms with Gasteiger partial charge < -0.3 is 15.4 Å². The summed E-state index contributed by atoms with van der Waals surface area (Å²) in [7, 11) is 0. The number of halogens is 1. The van der Waals surface area contributed by atoms with Gasteiger partial charge >= 0.3 is 6.03 Å². The van der Waals surface area contributed by atoms with Gasteiger partial charge in [-0.2, -0.15) is 0 Å². The summed E-state index contributed by atoms with van der Waals surface area (Å²) in [5.74, 6) is -0.849. The van der Waals surface area contributed by atoms with Crippen molar-refractivity contribution in [1.82, 2.24) is 4.90 Å². The lowest BCUT2D eigenvalue weighted by atomic mass is 9.78. The molecular weight excluding hydrogens is 373 g/mol. The van der Waals surface area contributed by atoms with Crippen LogP contribution in [0.4, 0.5) is 14.9 Å². The van der Waals surface area contributed by atoms with Crippen molar-refractivity contribution >= 4 is 17.5 Å². The van der Waals surface area contributed by atoms with Crippen LogP contribution in [0.5, 0.6) is 0 Å². The van der Waals surface area contributed by atoms with E-state index in [9.17, 15) is 14.0 Å². The van der Waals surface area contributed by atoms with E-state index in [1.165, 1.54) is 6.07 Å². The Hall–Kier alpha value is -2.77. The average Bonchev–Trinajstić information content (AvgIpc) is 2.64. The van der Waals surface area contributed by atoms with Crippen LogP contribution in [0.1, 0.15) is 21.5 Å². The fourth-order valence-corrected chi connectivity index (χ4v) is 3.85. The molecule has 7 heteroatoms. The zero-order chi connectivity index (χ0) is 20.6. The van der Waals surface area contributed by atoms with Crippen LogP contribution in [0.15, 0.2) is 42.5 Å². The van der Waals surface area contributed by atoms with Crippen molar-refractivity contribution in [1.29, 1.82) is 0 Å². The number of benzene rings is 2. The van der Waals surface area contributed by atoms with Crippen LogP contribution in [0.2, 0.25) is 0 Å². The van der Waals surface area contributed by atoms with Crippen molar-refractivity contribution in [3.05, 3.63) is 65.0 Å². The van der Waals surface area contributed by atoms with Gasteiger partial charge in [0.05, 0.1) is 31.7 Å². The number of hydrogen-bond donors (Lipinski definition) is 1. The van der Waals surface area contributed by atoms with Gasteiger partial charge in [-0.3, -0.25) is 9.69 Å². The van der Waals surface area contributed by atoms with E-state index in [1.807, 2.05) is 31.2 Å². The number of anilines is 1. The summed E-state index contributed by atoms with van der Waals surface area (Å²) >= 11 is 0. The predicted molar refractivity (Wildman–Crippen MR) is 107 cm³/mol. The maximum atomic E-state index is 14.7. The summed E-state index contributed by atoms with van der Waals surface area (Å²) in [5, 5.41) is 0. The molecule has 152 valence electrons. The molecule has 2 aromatic carbocycles. The minimum absolute atomic E-state index is 0.0746. The van der Waals surface area contributed by atoms with Crippen LogP contribution in [0.3, 0.4) is 0 Å². The zero-order valence-corrected chi connectivity index (χ0v) is 16.4. The molecule has 2 amide bonds. The first-order valence-corrected chi connectivity index (χ1v) is 9.63. The number of rotatable bonds is 5. The summed E-state index contributed by atoms with van der Waals surface area (Å²) < 4.78 is 20.0. The lowest BCUT2D eigenvalue weighted by Gasteiger charge is -2.55. The van der Waals surface area contributed by atoms with Crippen molar-refractivity contribution in [2.45, 2.75) is 13.5 Å². The number of likely N-dealkylation sites (tertiary alicyclic amines) is 1. The molecule has 29 heavy (non-hydrogen) atoms. The van der Waals surface area contributed by atoms with E-state index in [4.69, 9.17) is 10.5 Å². The summed E-state index contributed by atoms with van der Waals surface area (Å²) in [6.07, 6.45) is 0. The largest absolute Gasteiger partial charge is 0.380 e. The molecule has 2 aromatic rings. The number of aryl methyl sites for hydroxylation is 1. The fraction of sp³-hybridized carbons (Fsp3) is 0.364. The predicted octanol–water partition coefficient (Wildman–Crippen LogP) is 2.73. The molecule has 2 saturated heterocycles. The Kier molecular flexibility index (Phi) is 5.10. The van der Waals surface area contributed by atoms with Gasteiger partial charge in [0.2, 0.25) is 0 Å². The lowest BCUT2D eigenvalue weighted by Crippen LogP contribution is -2.68. The SMILES string of the molecule is Cc1cccc(N(Cc2ccc(C(=O)CN)cc2F)C(=O)N2CC3(COC3)C2)c1. The van der Waals surface area contributed by atoms with Gasteiger partial charge in [0.25, 0.3) is 0 Å². The van der Waals surface area contributed by atoms with E-state index in [1.54, 1.807) is 21.9 Å². The Morgan fingerprint density at radius 3 is 2.55 bits per heavy atom. The molecule has 2 fully saturated rings. The molecule has 2 heterocycles. The van der Waals surface area contributed by atoms with Crippen LogP contribution in [0, 0.1) is 18.2 Å². The maximum Gasteiger partial charge on any atom is 0.324 e. The normalized spacial score (nSPS) is 16.9. The number of ether oxygens (including phenoxy) is 1. The summed E-state index contributed by atoms with van der Waals surface area (Å²) in [4.78, 5) is 28.3. The Morgan fingerprint density at radius 2 is 1.97 bits per heavy atom. The number of carbonyl (C=O) groups is 2. The van der Waals surface area contributed by atoms with Gasteiger partial charge in [0.1, 0.15) is 5.82 Å². The van der Waals surface area contributed by atoms with Gasteiger partial charge in [0.15, 0.2) is 5.78 Å². The van der Waals surface area contributed by atoms with E-state index >= 15 is 0 Å². The molecule has 0 saturated carbocycles. The third-order valence-electron chi connectivity index (χ3n) is 5.57. The fourth-order valence-electron chi connectivity index (χ4n) is 3.85. The quantitative estimate of drug-likeness (QED) is 0.787. The molecular formula is C22H24FN3O3. The number of hydrogen-bond acceptors (Lipinski definition) is 4. The zero-order valence-electron chi connectivity index (χ0n) is 16.4. The Bertz CT molecular complexity index is 950. The topological polar surface area (TPSA) is 75.9 Å². The molecule has 2 N–H and O–H groups in total. The number of amides is 2. The second-order valence-electron chi connectivity index (χ2n) is 7.99. The standard InChI is InChI=1S/C22H24FN3O3/c1-15-3-2-4-18(7-15)26(21(28)25-11-22(12-25)13-29-14-22)10-17-6-5-16(8-19(17)23)20(27)9-24/h2-8H,9-14,24H2,1H3. The van der Waals surface area contributed by atoms with Gasteiger partial charge in [-0.05, 0) is 30.7 Å². The molecule has 0 atom stereocenters. The first-order valence-electron chi connectivity index (χ1n) is 9.63. The van der Waals surface area contributed by atoms with Gasteiger partial charge in [-0.1, -0.05) is 24.3 Å². The lowest BCUT2D eigenvalue weighted by molar-refractivity contribution is -0.174. The first-order chi connectivity index (χ1) is 13.9. The summed E-state index contributed by atoms with van der Waals surface area (Å²) in [6.45, 7) is 4.53. The number of nitrogens with zero attached hydrogens (tertiary/aromatic N) is 2. The molecule has 0 radical (unpaired) electrons. The van der Waals surface area contributed by atoms with Crippen LogP contribution in [-0.2, 0) is 11.3 Å². The van der Waals surface area contributed by atoms with E-state index in [0.29, 0.717) is 37.6 Å². The average molecular weight is 397 g/mol. The highest BCUT2D eigenvalue weighted by Crippen LogP contribution is 2.38. The maximum absolute atomic E-state index is 14.7. The molecule has 0 aromatic heterocycles. The van der Waals surface area contributed by atoms with E-state index < -0.39 is 5.82 Å². The van der Waals surface area contributed by atoms with Gasteiger partial charge in [-0.25, -0.2) is 9.18 Å². The highest BCUT2D eigenvalue weighted by Gasteiger charge is 2.51. The van der Waals surface area contributed by atoms with Gasteiger partial charge in [-0.15, -0.1) is 0 Å².